The summed E-state index contributed by atoms with van der Waals surface area (Å²) in [6.45, 7) is 1.21. The van der Waals surface area contributed by atoms with E-state index in [4.69, 9.17) is 30.9 Å². The Bertz CT molecular complexity index is 1230. The van der Waals surface area contributed by atoms with Crippen molar-refractivity contribution in [2.75, 3.05) is 26.8 Å². The predicted molar refractivity (Wildman–Crippen MR) is 130 cm³/mol. The van der Waals surface area contributed by atoms with Gasteiger partial charge in [0.25, 0.3) is 11.8 Å². The number of oxime groups is 1. The highest BCUT2D eigenvalue weighted by atomic mass is 35.5. The van der Waals surface area contributed by atoms with Crippen molar-refractivity contribution in [3.05, 3.63) is 63.5 Å². The second-order valence-corrected chi connectivity index (χ2v) is 9.48. The van der Waals surface area contributed by atoms with Gasteiger partial charge < -0.3 is 19.2 Å². The number of ether oxygens (including phenoxy) is 2. The van der Waals surface area contributed by atoms with E-state index in [0.29, 0.717) is 36.2 Å². The molecule has 11 heteroatoms. The van der Waals surface area contributed by atoms with Crippen LogP contribution in [0.2, 0.25) is 5.02 Å². The number of halogens is 1. The molecule has 0 aliphatic carbocycles. The molecule has 1 saturated heterocycles. The molecule has 2 aromatic heterocycles. The lowest BCUT2D eigenvalue weighted by atomic mass is 9.97. The van der Waals surface area contributed by atoms with Crippen molar-refractivity contribution in [3.8, 4) is 11.6 Å². The van der Waals surface area contributed by atoms with Crippen LogP contribution >= 0.6 is 22.9 Å². The molecule has 0 bridgehead atoms. The van der Waals surface area contributed by atoms with E-state index in [2.05, 4.69) is 21.2 Å². The number of rotatable bonds is 7. The maximum absolute atomic E-state index is 12.6. The van der Waals surface area contributed by atoms with Gasteiger partial charge in [0.05, 0.1) is 24.0 Å². The highest BCUT2D eigenvalue weighted by molar-refractivity contribution is 7.10. The Labute approximate surface area is 211 Å². The second kappa shape index (κ2) is 10.6. The van der Waals surface area contributed by atoms with E-state index in [0.717, 1.165) is 34.8 Å². The van der Waals surface area contributed by atoms with Crippen LogP contribution in [0.5, 0.6) is 11.6 Å². The number of methoxy groups -OCH3 is 1. The molecule has 3 aromatic rings. The normalized spacial score (nSPS) is 18.2. The zero-order chi connectivity index (χ0) is 24.2. The first-order chi connectivity index (χ1) is 17.1. The number of likely N-dealkylation sites (tertiary alicyclic amines) is 1. The molecule has 1 atom stereocenters. The molecular formula is C24H23ClN5O4S. The van der Waals surface area contributed by atoms with Gasteiger partial charge in [0, 0.05) is 41.4 Å². The molecule has 9 nitrogen and oxygen atoms in total. The third kappa shape index (κ3) is 5.23. The van der Waals surface area contributed by atoms with E-state index in [1.807, 2.05) is 28.5 Å². The van der Waals surface area contributed by atoms with Crippen LogP contribution in [0, 0.1) is 6.07 Å². The highest BCUT2D eigenvalue weighted by Crippen LogP contribution is 2.35. The molecule has 35 heavy (non-hydrogen) atoms. The summed E-state index contributed by atoms with van der Waals surface area (Å²) in [5, 5.41) is 7.96. The van der Waals surface area contributed by atoms with E-state index < -0.39 is 0 Å². The predicted octanol–water partition coefficient (Wildman–Crippen LogP) is 4.05. The Kier molecular flexibility index (Phi) is 7.10. The van der Waals surface area contributed by atoms with Crippen LogP contribution in [0.15, 0.2) is 41.3 Å². The van der Waals surface area contributed by atoms with Gasteiger partial charge in [0.2, 0.25) is 0 Å². The summed E-state index contributed by atoms with van der Waals surface area (Å²) >= 11 is 7.91. The minimum Gasteiger partial charge on any atom is -0.490 e. The molecule has 1 aromatic carbocycles. The van der Waals surface area contributed by atoms with E-state index in [1.54, 1.807) is 11.3 Å². The lowest BCUT2D eigenvalue weighted by molar-refractivity contribution is -0.134. The average molecular weight is 513 g/mol. The van der Waals surface area contributed by atoms with E-state index >= 15 is 0 Å². The third-order valence-corrected chi connectivity index (χ3v) is 7.37. The quantitative estimate of drug-likeness (QED) is 0.471. The number of nitrogens with zero attached hydrogens (tertiary/aromatic N) is 5. The Hall–Kier alpha value is -3.24. The van der Waals surface area contributed by atoms with Gasteiger partial charge in [-0.2, -0.15) is 4.98 Å². The average Bonchev–Trinajstić information content (AvgIpc) is 3.58. The topological polar surface area (TPSA) is 99.0 Å². The molecule has 0 saturated carbocycles. The minimum absolute atomic E-state index is 0.0798. The fourth-order valence-corrected chi connectivity index (χ4v) is 5.37. The van der Waals surface area contributed by atoms with Crippen LogP contribution in [0.4, 0.5) is 0 Å². The molecule has 1 unspecified atom stereocenters. The molecule has 0 N–H and O–H groups in total. The summed E-state index contributed by atoms with van der Waals surface area (Å²) in [6.07, 6.45) is 4.90. The number of amides is 1. The van der Waals surface area contributed by atoms with Gasteiger partial charge in [-0.1, -0.05) is 28.9 Å². The van der Waals surface area contributed by atoms with Gasteiger partial charge in [-0.05, 0) is 25.0 Å². The van der Waals surface area contributed by atoms with Gasteiger partial charge in [-0.15, -0.1) is 11.3 Å². The van der Waals surface area contributed by atoms with Crippen LogP contribution in [0.1, 0.15) is 47.5 Å². The largest absolute Gasteiger partial charge is 0.490 e. The molecule has 2 aliphatic rings. The van der Waals surface area contributed by atoms with Gasteiger partial charge in [-0.25, -0.2) is 9.97 Å². The number of aromatic nitrogens is 3. The van der Waals surface area contributed by atoms with Gasteiger partial charge in [0.1, 0.15) is 12.0 Å². The summed E-state index contributed by atoms with van der Waals surface area (Å²) in [5.41, 5.74) is 2.46. The minimum atomic E-state index is -0.248. The lowest BCUT2D eigenvalue weighted by Crippen LogP contribution is -2.40. The number of carbonyl (C=O) groups excluding carboxylic acids is 1. The molecule has 181 valence electrons. The molecule has 0 spiro atoms. The number of hydrogen-bond donors (Lipinski definition) is 0. The first kappa shape index (κ1) is 23.5. The zero-order valence-electron chi connectivity index (χ0n) is 19.0. The fourth-order valence-electron chi connectivity index (χ4n) is 4.12. The van der Waals surface area contributed by atoms with Crippen molar-refractivity contribution in [1.29, 1.82) is 0 Å². The summed E-state index contributed by atoms with van der Waals surface area (Å²) < 4.78 is 10.7. The van der Waals surface area contributed by atoms with Crippen molar-refractivity contribution in [1.82, 2.24) is 19.9 Å². The maximum atomic E-state index is 12.6. The molecule has 1 radical (unpaired) electrons. The molecular weight excluding hydrogens is 490 g/mol. The van der Waals surface area contributed by atoms with Crippen LogP contribution in [0.25, 0.3) is 0 Å². The number of thiazole rings is 1. The van der Waals surface area contributed by atoms with Crippen molar-refractivity contribution in [2.45, 2.75) is 31.3 Å². The first-order valence-electron chi connectivity index (χ1n) is 11.2. The number of benzene rings is 1. The van der Waals surface area contributed by atoms with Crippen LogP contribution in [-0.4, -0.2) is 58.3 Å². The number of carbonyl (C=O) groups is 1. The summed E-state index contributed by atoms with van der Waals surface area (Å²) in [4.78, 5) is 32.8. The first-order valence-corrected chi connectivity index (χ1v) is 12.5. The van der Waals surface area contributed by atoms with Gasteiger partial charge >= 0.3 is 0 Å². The molecule has 2 aliphatic heterocycles. The Morgan fingerprint density at radius 3 is 3.03 bits per heavy atom. The van der Waals surface area contributed by atoms with Crippen LogP contribution < -0.4 is 9.47 Å². The SMILES string of the molecule is COc1cncnc1OCC(=O)N1CCC(c2nc(C3=NOC(c4[c]cccc4Cl)C3)cs2)CC1. The molecule has 4 heterocycles. The van der Waals surface area contributed by atoms with Crippen molar-refractivity contribution in [2.24, 2.45) is 5.16 Å². The standard InChI is InChI=1S/C24H23ClN5O4S/c1-32-21-11-26-14-27-23(21)33-12-22(31)30-8-6-15(7-9-30)24-28-19(13-35-24)18-10-20(34-29-18)16-4-2-3-5-17(16)25/h2-3,5,11,13-15,20H,6-10,12H2,1H3. The smallest absolute Gasteiger partial charge is 0.260 e. The van der Waals surface area contributed by atoms with Crippen molar-refractivity contribution in [3.63, 3.8) is 0 Å². The van der Waals surface area contributed by atoms with Crippen molar-refractivity contribution >= 4 is 34.6 Å². The maximum Gasteiger partial charge on any atom is 0.260 e. The van der Waals surface area contributed by atoms with Crippen LogP contribution in [-0.2, 0) is 9.63 Å². The molecule has 5 rings (SSSR count). The molecule has 1 amide bonds. The van der Waals surface area contributed by atoms with E-state index in [-0.39, 0.29) is 24.5 Å². The third-order valence-electron chi connectivity index (χ3n) is 6.04. The van der Waals surface area contributed by atoms with E-state index in [1.165, 1.54) is 19.6 Å². The summed E-state index contributed by atoms with van der Waals surface area (Å²) in [6, 6.07) is 8.63. The fraction of sp³-hybridized carbons (Fsp3) is 0.375. The summed E-state index contributed by atoms with van der Waals surface area (Å²) in [5.74, 6) is 0.877. The Balaban J connectivity index is 1.13. The number of piperidine rings is 1. The van der Waals surface area contributed by atoms with Crippen molar-refractivity contribution < 1.29 is 19.1 Å². The van der Waals surface area contributed by atoms with Gasteiger partial charge in [0.15, 0.2) is 18.5 Å². The number of hydrogen-bond acceptors (Lipinski definition) is 9. The zero-order valence-corrected chi connectivity index (χ0v) is 20.6. The Morgan fingerprint density at radius 1 is 1.37 bits per heavy atom. The van der Waals surface area contributed by atoms with Gasteiger partial charge in [-0.3, -0.25) is 4.79 Å². The Morgan fingerprint density at radius 2 is 2.23 bits per heavy atom. The van der Waals surface area contributed by atoms with E-state index in [9.17, 15) is 4.79 Å². The van der Waals surface area contributed by atoms with Crippen LogP contribution in [0.3, 0.4) is 0 Å². The lowest BCUT2D eigenvalue weighted by Gasteiger charge is -2.31. The molecule has 1 fully saturated rings. The monoisotopic (exact) mass is 512 g/mol. The summed E-state index contributed by atoms with van der Waals surface area (Å²) in [7, 11) is 1.50. The highest BCUT2D eigenvalue weighted by Gasteiger charge is 2.29. The second-order valence-electron chi connectivity index (χ2n) is 8.18.